The molecule has 7 nitrogen and oxygen atoms in total. The van der Waals surface area contributed by atoms with Crippen molar-refractivity contribution in [1.29, 1.82) is 0 Å². The first kappa shape index (κ1) is 19.4. The summed E-state index contributed by atoms with van der Waals surface area (Å²) >= 11 is 1.58. The quantitative estimate of drug-likeness (QED) is 0.670. The van der Waals surface area contributed by atoms with E-state index in [-0.39, 0.29) is 11.8 Å². The Morgan fingerprint density at radius 3 is 3.00 bits per heavy atom. The SMILES string of the molecule is COc1ccc(CNC(=O)[C@H]2CCCN(c3nc4cccnc4s3)C2)c(OC)c1. The highest BCUT2D eigenvalue weighted by molar-refractivity contribution is 7.21. The summed E-state index contributed by atoms with van der Waals surface area (Å²) in [6.45, 7) is 2.01. The van der Waals surface area contributed by atoms with Gasteiger partial charge in [0.25, 0.3) is 0 Å². The second-order valence-electron chi connectivity index (χ2n) is 7.00. The Kier molecular flexibility index (Phi) is 5.80. The molecule has 0 aliphatic carbocycles. The number of pyridine rings is 1. The summed E-state index contributed by atoms with van der Waals surface area (Å²) in [4.78, 5) is 25.0. The molecule has 8 heteroatoms. The number of rotatable bonds is 6. The van der Waals surface area contributed by atoms with E-state index in [9.17, 15) is 4.79 Å². The highest BCUT2D eigenvalue weighted by Crippen LogP contribution is 2.30. The molecule has 4 rings (SSSR count). The minimum Gasteiger partial charge on any atom is -0.497 e. The van der Waals surface area contributed by atoms with Gasteiger partial charge >= 0.3 is 0 Å². The number of benzene rings is 1. The maximum atomic E-state index is 12.8. The van der Waals surface area contributed by atoms with Gasteiger partial charge < -0.3 is 19.7 Å². The molecule has 1 atom stereocenters. The lowest BCUT2D eigenvalue weighted by atomic mass is 9.97. The van der Waals surface area contributed by atoms with Gasteiger partial charge in [0, 0.05) is 37.5 Å². The van der Waals surface area contributed by atoms with E-state index in [2.05, 4.69) is 20.2 Å². The topological polar surface area (TPSA) is 76.6 Å². The van der Waals surface area contributed by atoms with Gasteiger partial charge in [0.15, 0.2) is 5.13 Å². The van der Waals surface area contributed by atoms with Crippen LogP contribution in [0.2, 0.25) is 0 Å². The largest absolute Gasteiger partial charge is 0.497 e. The van der Waals surface area contributed by atoms with Crippen LogP contribution in [0.5, 0.6) is 11.5 Å². The fraction of sp³-hybridized carbons (Fsp3) is 0.381. The van der Waals surface area contributed by atoms with Gasteiger partial charge in [-0.05, 0) is 37.1 Å². The Morgan fingerprint density at radius 2 is 2.21 bits per heavy atom. The number of hydrogen-bond acceptors (Lipinski definition) is 7. The number of carbonyl (C=O) groups is 1. The molecule has 2 aromatic heterocycles. The van der Waals surface area contributed by atoms with E-state index in [4.69, 9.17) is 9.47 Å². The molecular formula is C21H24N4O3S. The Labute approximate surface area is 173 Å². The molecule has 1 N–H and O–H groups in total. The van der Waals surface area contributed by atoms with Crippen LogP contribution >= 0.6 is 11.3 Å². The van der Waals surface area contributed by atoms with Crippen LogP contribution in [0.3, 0.4) is 0 Å². The van der Waals surface area contributed by atoms with Crippen molar-refractivity contribution < 1.29 is 14.3 Å². The molecule has 3 aromatic rings. The van der Waals surface area contributed by atoms with Crippen LogP contribution < -0.4 is 19.7 Å². The van der Waals surface area contributed by atoms with Crippen LogP contribution in [0, 0.1) is 5.92 Å². The Bertz CT molecular complexity index is 974. The highest BCUT2D eigenvalue weighted by Gasteiger charge is 2.27. The first-order chi connectivity index (χ1) is 14.2. The van der Waals surface area contributed by atoms with Crippen LogP contribution in [0.25, 0.3) is 10.3 Å². The maximum Gasteiger partial charge on any atom is 0.225 e. The lowest BCUT2D eigenvalue weighted by Crippen LogP contribution is -2.43. The Balaban J connectivity index is 1.40. The van der Waals surface area contributed by atoms with Gasteiger partial charge in [-0.15, -0.1) is 0 Å². The third kappa shape index (κ3) is 4.27. The molecular weight excluding hydrogens is 388 g/mol. The smallest absolute Gasteiger partial charge is 0.225 e. The fourth-order valence-corrected chi connectivity index (χ4v) is 4.53. The van der Waals surface area contributed by atoms with Gasteiger partial charge in [-0.3, -0.25) is 4.79 Å². The van der Waals surface area contributed by atoms with Crippen LogP contribution in [0.1, 0.15) is 18.4 Å². The molecule has 0 unspecified atom stereocenters. The number of ether oxygens (including phenoxy) is 2. The van der Waals surface area contributed by atoms with E-state index in [1.54, 1.807) is 31.8 Å². The maximum absolute atomic E-state index is 12.8. The molecule has 1 aliphatic heterocycles. The summed E-state index contributed by atoms with van der Waals surface area (Å²) in [5.41, 5.74) is 1.83. The number of carbonyl (C=O) groups excluding carboxylic acids is 1. The zero-order chi connectivity index (χ0) is 20.2. The molecule has 0 radical (unpaired) electrons. The third-order valence-electron chi connectivity index (χ3n) is 5.17. The Morgan fingerprint density at radius 1 is 1.31 bits per heavy atom. The first-order valence-electron chi connectivity index (χ1n) is 9.63. The van der Waals surface area contributed by atoms with Gasteiger partial charge in [0.1, 0.15) is 21.8 Å². The van der Waals surface area contributed by atoms with Crippen molar-refractivity contribution in [3.8, 4) is 11.5 Å². The number of aromatic nitrogens is 2. The summed E-state index contributed by atoms with van der Waals surface area (Å²) in [5, 5.41) is 4.00. The molecule has 1 fully saturated rings. The van der Waals surface area contributed by atoms with Crippen LogP contribution in [-0.4, -0.2) is 43.2 Å². The van der Waals surface area contributed by atoms with Crippen molar-refractivity contribution in [2.75, 3.05) is 32.2 Å². The summed E-state index contributed by atoms with van der Waals surface area (Å²) in [6.07, 6.45) is 3.63. The molecule has 1 aromatic carbocycles. The molecule has 1 aliphatic rings. The zero-order valence-corrected chi connectivity index (χ0v) is 17.4. The van der Waals surface area contributed by atoms with Crippen LogP contribution in [0.4, 0.5) is 5.13 Å². The molecule has 1 amide bonds. The lowest BCUT2D eigenvalue weighted by molar-refractivity contribution is -0.125. The minimum absolute atomic E-state index is 0.0619. The van der Waals surface area contributed by atoms with E-state index in [1.807, 2.05) is 30.3 Å². The standard InChI is InChI=1S/C21H24N4O3S/c1-27-16-8-7-14(18(11-16)28-2)12-23-19(26)15-5-4-10-25(13-15)21-24-17-6-3-9-22-20(17)29-21/h3,6-9,11,15H,4-5,10,12-13H2,1-2H3,(H,23,26)/t15-/m0/s1. The normalized spacial score (nSPS) is 16.6. The second-order valence-corrected chi connectivity index (χ2v) is 7.96. The van der Waals surface area contributed by atoms with Crippen molar-refractivity contribution >= 4 is 32.7 Å². The number of fused-ring (bicyclic) bond motifs is 1. The van der Waals surface area contributed by atoms with Crippen LogP contribution in [0.15, 0.2) is 36.5 Å². The van der Waals surface area contributed by atoms with Gasteiger partial charge in [-0.1, -0.05) is 11.3 Å². The van der Waals surface area contributed by atoms with Crippen molar-refractivity contribution in [1.82, 2.24) is 15.3 Å². The van der Waals surface area contributed by atoms with Gasteiger partial charge in [-0.2, -0.15) is 0 Å². The molecule has 29 heavy (non-hydrogen) atoms. The average molecular weight is 413 g/mol. The number of thiazole rings is 1. The number of methoxy groups -OCH3 is 2. The van der Waals surface area contributed by atoms with Crippen molar-refractivity contribution in [2.45, 2.75) is 19.4 Å². The van der Waals surface area contributed by atoms with Crippen molar-refractivity contribution in [3.05, 3.63) is 42.1 Å². The summed E-state index contributed by atoms with van der Waals surface area (Å²) in [6, 6.07) is 9.47. The average Bonchev–Trinajstić information content (AvgIpc) is 3.22. The van der Waals surface area contributed by atoms with E-state index < -0.39 is 0 Å². The molecule has 0 bridgehead atoms. The van der Waals surface area contributed by atoms with E-state index in [0.29, 0.717) is 18.8 Å². The van der Waals surface area contributed by atoms with Gasteiger partial charge in [0.05, 0.1) is 20.1 Å². The number of piperidine rings is 1. The van der Waals surface area contributed by atoms with Crippen LogP contribution in [-0.2, 0) is 11.3 Å². The highest BCUT2D eigenvalue weighted by atomic mass is 32.1. The third-order valence-corrected chi connectivity index (χ3v) is 6.21. The second kappa shape index (κ2) is 8.65. The number of nitrogens with zero attached hydrogens (tertiary/aromatic N) is 3. The number of hydrogen-bond donors (Lipinski definition) is 1. The van der Waals surface area contributed by atoms with E-state index in [1.165, 1.54) is 0 Å². The minimum atomic E-state index is -0.0621. The van der Waals surface area contributed by atoms with E-state index in [0.717, 1.165) is 46.2 Å². The fourth-order valence-electron chi connectivity index (χ4n) is 3.58. The number of amides is 1. The molecule has 3 heterocycles. The zero-order valence-electron chi connectivity index (χ0n) is 16.6. The predicted molar refractivity (Wildman–Crippen MR) is 114 cm³/mol. The van der Waals surface area contributed by atoms with Crippen molar-refractivity contribution in [3.63, 3.8) is 0 Å². The molecule has 0 saturated carbocycles. The van der Waals surface area contributed by atoms with Crippen molar-refractivity contribution in [2.24, 2.45) is 5.92 Å². The predicted octanol–water partition coefficient (Wildman–Crippen LogP) is 3.24. The Hall–Kier alpha value is -2.87. The number of anilines is 1. The molecule has 1 saturated heterocycles. The molecule has 152 valence electrons. The summed E-state index contributed by atoms with van der Waals surface area (Å²) in [5.74, 6) is 1.43. The summed E-state index contributed by atoms with van der Waals surface area (Å²) < 4.78 is 10.6. The van der Waals surface area contributed by atoms with E-state index >= 15 is 0 Å². The monoisotopic (exact) mass is 412 g/mol. The first-order valence-corrected chi connectivity index (χ1v) is 10.4. The number of nitrogens with one attached hydrogen (secondary N) is 1. The summed E-state index contributed by atoms with van der Waals surface area (Å²) in [7, 11) is 3.23. The lowest BCUT2D eigenvalue weighted by Gasteiger charge is -2.31. The van der Waals surface area contributed by atoms with Gasteiger partial charge in [0.2, 0.25) is 5.91 Å². The molecule has 0 spiro atoms. The van der Waals surface area contributed by atoms with Gasteiger partial charge in [-0.25, -0.2) is 9.97 Å².